The Labute approximate surface area is 96.0 Å². The molecule has 0 atom stereocenters. The van der Waals surface area contributed by atoms with Crippen LogP contribution in [0.25, 0.3) is 21.9 Å². The van der Waals surface area contributed by atoms with Gasteiger partial charge < -0.3 is 9.99 Å². The average Bonchev–Trinajstić information content (AvgIpc) is 2.63. The van der Waals surface area contributed by atoms with Gasteiger partial charge in [0.15, 0.2) is 5.82 Å². The van der Waals surface area contributed by atoms with Crippen LogP contribution >= 0.6 is 0 Å². The summed E-state index contributed by atoms with van der Waals surface area (Å²) >= 11 is 0. The Bertz CT molecular complexity index is 719. The van der Waals surface area contributed by atoms with E-state index in [4.69, 9.17) is 5.84 Å². The number of aryl methyl sites for hydroxylation is 1. The first-order chi connectivity index (χ1) is 8.22. The van der Waals surface area contributed by atoms with Gasteiger partial charge in [0, 0.05) is 12.4 Å². The van der Waals surface area contributed by atoms with Crippen LogP contribution in [-0.4, -0.2) is 14.5 Å². The molecule has 3 rings (SSSR count). The monoisotopic (exact) mass is 231 g/mol. The van der Waals surface area contributed by atoms with Crippen molar-refractivity contribution in [3.63, 3.8) is 0 Å². The zero-order chi connectivity index (χ0) is 12.0. The summed E-state index contributed by atoms with van der Waals surface area (Å²) in [6.45, 7) is 0. The van der Waals surface area contributed by atoms with E-state index in [1.54, 1.807) is 6.07 Å². The summed E-state index contributed by atoms with van der Waals surface area (Å²) < 4.78 is 15.1. The highest BCUT2D eigenvalue weighted by atomic mass is 19.1. The number of anilines is 1. The molecule has 0 bridgehead atoms. The molecular weight excluding hydrogens is 221 g/mol. The van der Waals surface area contributed by atoms with Crippen LogP contribution in [0.1, 0.15) is 0 Å². The number of hydrogen-bond donors (Lipinski definition) is 2. The lowest BCUT2D eigenvalue weighted by molar-refractivity contribution is 0.629. The van der Waals surface area contributed by atoms with Crippen LogP contribution < -0.4 is 11.3 Å². The number of hydrazine groups is 1. The number of rotatable bonds is 1. The lowest BCUT2D eigenvalue weighted by Crippen LogP contribution is -2.10. The Hall–Kier alpha value is -2.21. The van der Waals surface area contributed by atoms with Crippen LogP contribution in [0.5, 0.6) is 0 Å². The number of fused-ring (bicyclic) bond motifs is 3. The van der Waals surface area contributed by atoms with E-state index in [0.29, 0.717) is 5.82 Å². The fourth-order valence-corrected chi connectivity index (χ4v) is 2.10. The van der Waals surface area contributed by atoms with Gasteiger partial charge in [-0.05, 0) is 18.2 Å². The molecule has 0 aliphatic rings. The Balaban J connectivity index is 2.58. The maximum atomic E-state index is 13.2. The first-order valence-electron chi connectivity index (χ1n) is 5.07. The van der Waals surface area contributed by atoms with Crippen molar-refractivity contribution in [3.05, 3.63) is 30.3 Å². The second-order valence-electron chi connectivity index (χ2n) is 3.78. The number of halogens is 1. The van der Waals surface area contributed by atoms with E-state index in [2.05, 4.69) is 15.4 Å². The van der Waals surface area contributed by atoms with Gasteiger partial charge >= 0.3 is 0 Å². The van der Waals surface area contributed by atoms with E-state index in [-0.39, 0.29) is 5.82 Å². The molecule has 6 heteroatoms. The lowest BCUT2D eigenvalue weighted by Gasteiger charge is -2.02. The van der Waals surface area contributed by atoms with Gasteiger partial charge in [-0.3, -0.25) is 0 Å². The predicted molar refractivity (Wildman–Crippen MR) is 63.8 cm³/mol. The fraction of sp³-hybridized carbons (Fsp3) is 0.0909. The van der Waals surface area contributed by atoms with Gasteiger partial charge in [-0.1, -0.05) is 0 Å². The summed E-state index contributed by atoms with van der Waals surface area (Å²) in [6, 6.07) is 4.59. The molecule has 1 aromatic carbocycles. The van der Waals surface area contributed by atoms with Crippen molar-refractivity contribution in [2.75, 3.05) is 5.43 Å². The molecule has 86 valence electrons. The van der Waals surface area contributed by atoms with Crippen molar-refractivity contribution in [2.24, 2.45) is 12.9 Å². The van der Waals surface area contributed by atoms with E-state index in [9.17, 15) is 4.39 Å². The van der Waals surface area contributed by atoms with E-state index in [1.807, 2.05) is 11.6 Å². The molecule has 0 saturated carbocycles. The smallest absolute Gasteiger partial charge is 0.168 e. The highest BCUT2D eigenvalue weighted by Crippen LogP contribution is 2.29. The minimum atomic E-state index is -0.279. The van der Waals surface area contributed by atoms with Gasteiger partial charge in [-0.25, -0.2) is 20.2 Å². The maximum Gasteiger partial charge on any atom is 0.168 e. The molecule has 0 aliphatic carbocycles. The molecule has 0 amide bonds. The topological polar surface area (TPSA) is 68.8 Å². The van der Waals surface area contributed by atoms with E-state index < -0.39 is 0 Å². The molecule has 5 nitrogen and oxygen atoms in total. The number of nitrogens with two attached hydrogens (primary N) is 1. The normalized spacial score (nSPS) is 11.2. The molecular formula is C11H10FN5. The first kappa shape index (κ1) is 9.98. The van der Waals surface area contributed by atoms with E-state index in [1.165, 1.54) is 18.5 Å². The molecule has 3 N–H and O–H groups in total. The lowest BCUT2D eigenvalue weighted by atomic mass is 10.2. The third kappa shape index (κ3) is 1.27. The molecule has 0 saturated heterocycles. The van der Waals surface area contributed by atoms with Crippen molar-refractivity contribution in [3.8, 4) is 0 Å². The van der Waals surface area contributed by atoms with Gasteiger partial charge in [-0.2, -0.15) is 0 Å². The highest BCUT2D eigenvalue weighted by molar-refractivity contribution is 6.08. The summed E-state index contributed by atoms with van der Waals surface area (Å²) in [5.74, 6) is 5.65. The number of nitrogen functional groups attached to an aromatic ring is 1. The van der Waals surface area contributed by atoms with Crippen molar-refractivity contribution < 1.29 is 4.39 Å². The van der Waals surface area contributed by atoms with Crippen LogP contribution in [0, 0.1) is 5.82 Å². The van der Waals surface area contributed by atoms with Gasteiger partial charge in [0.1, 0.15) is 23.2 Å². The van der Waals surface area contributed by atoms with Crippen LogP contribution in [0.3, 0.4) is 0 Å². The molecule has 0 fully saturated rings. The van der Waals surface area contributed by atoms with E-state index >= 15 is 0 Å². The summed E-state index contributed by atoms with van der Waals surface area (Å²) in [4.78, 5) is 8.26. The maximum absolute atomic E-state index is 13.2. The van der Waals surface area contributed by atoms with Crippen LogP contribution in [0.4, 0.5) is 10.2 Å². The second-order valence-corrected chi connectivity index (χ2v) is 3.78. The first-order valence-corrected chi connectivity index (χ1v) is 5.07. The molecule has 0 radical (unpaired) electrons. The zero-order valence-electron chi connectivity index (χ0n) is 9.11. The molecule has 3 aromatic rings. The number of benzene rings is 1. The average molecular weight is 231 g/mol. The summed E-state index contributed by atoms with van der Waals surface area (Å²) in [6.07, 6.45) is 1.43. The summed E-state index contributed by atoms with van der Waals surface area (Å²) in [5.41, 5.74) is 4.80. The van der Waals surface area contributed by atoms with E-state index in [0.717, 1.165) is 21.9 Å². The van der Waals surface area contributed by atoms with Crippen molar-refractivity contribution in [1.29, 1.82) is 0 Å². The molecule has 2 aromatic heterocycles. The standard InChI is InChI=1S/C11H10FN5/c1-17-8-4-6(12)2-3-7(8)9-10(17)11(16-13)15-5-14-9/h2-5H,13H2,1H3,(H,14,15,16). The fourth-order valence-electron chi connectivity index (χ4n) is 2.10. The number of hydrogen-bond acceptors (Lipinski definition) is 4. The van der Waals surface area contributed by atoms with Crippen LogP contribution in [0.15, 0.2) is 24.5 Å². The van der Waals surface area contributed by atoms with Gasteiger partial charge in [0.2, 0.25) is 0 Å². The minimum Gasteiger partial charge on any atom is -0.339 e. The molecule has 17 heavy (non-hydrogen) atoms. The Morgan fingerprint density at radius 2 is 2.18 bits per heavy atom. The van der Waals surface area contributed by atoms with Gasteiger partial charge in [-0.15, -0.1) is 0 Å². The molecule has 0 aliphatic heterocycles. The van der Waals surface area contributed by atoms with Crippen molar-refractivity contribution in [1.82, 2.24) is 14.5 Å². The highest BCUT2D eigenvalue weighted by Gasteiger charge is 2.13. The van der Waals surface area contributed by atoms with Crippen LogP contribution in [0.2, 0.25) is 0 Å². The third-order valence-electron chi connectivity index (χ3n) is 2.87. The number of aromatic nitrogens is 3. The van der Waals surface area contributed by atoms with Crippen molar-refractivity contribution >= 4 is 27.8 Å². The minimum absolute atomic E-state index is 0.279. The van der Waals surface area contributed by atoms with Crippen molar-refractivity contribution in [2.45, 2.75) is 0 Å². The predicted octanol–water partition coefficient (Wildman–Crippen LogP) is 1.55. The van der Waals surface area contributed by atoms with Gasteiger partial charge in [0.25, 0.3) is 0 Å². The second kappa shape index (κ2) is 3.39. The zero-order valence-corrected chi connectivity index (χ0v) is 9.11. The number of nitrogens with one attached hydrogen (secondary N) is 1. The Morgan fingerprint density at radius 3 is 2.94 bits per heavy atom. The summed E-state index contributed by atoms with van der Waals surface area (Å²) in [5, 5.41) is 0.878. The Kier molecular flexibility index (Phi) is 1.99. The summed E-state index contributed by atoms with van der Waals surface area (Å²) in [7, 11) is 1.83. The molecule has 2 heterocycles. The molecule has 0 unspecified atom stereocenters. The third-order valence-corrected chi connectivity index (χ3v) is 2.87. The number of nitrogens with zero attached hydrogens (tertiary/aromatic N) is 3. The quantitative estimate of drug-likeness (QED) is 0.492. The largest absolute Gasteiger partial charge is 0.339 e. The van der Waals surface area contributed by atoms with Crippen LogP contribution in [-0.2, 0) is 7.05 Å². The SMILES string of the molecule is Cn1c2cc(F)ccc2c2ncnc(NN)c21. The molecule has 0 spiro atoms. The Morgan fingerprint density at radius 1 is 1.35 bits per heavy atom. The van der Waals surface area contributed by atoms with Gasteiger partial charge in [0.05, 0.1) is 5.52 Å².